The van der Waals surface area contributed by atoms with Crippen LogP contribution in [-0.2, 0) is 0 Å². The summed E-state index contributed by atoms with van der Waals surface area (Å²) in [6.45, 7) is 6.79. The van der Waals surface area contributed by atoms with Crippen molar-refractivity contribution < 1.29 is 0 Å². The molecule has 0 aromatic rings. The van der Waals surface area contributed by atoms with Crippen molar-refractivity contribution in [1.29, 1.82) is 0 Å². The normalized spacial score (nSPS) is 14.8. The third-order valence-corrected chi connectivity index (χ3v) is 3.80. The van der Waals surface area contributed by atoms with Crippen LogP contribution in [-0.4, -0.2) is 5.54 Å². The van der Waals surface area contributed by atoms with E-state index < -0.39 is 0 Å². The van der Waals surface area contributed by atoms with Gasteiger partial charge in [0.2, 0.25) is 0 Å². The lowest BCUT2D eigenvalue weighted by Crippen LogP contribution is -2.39. The van der Waals surface area contributed by atoms with Crippen LogP contribution >= 0.6 is 0 Å². The third kappa shape index (κ3) is 9.64. The molecule has 0 amide bonds. The molecule has 2 N–H and O–H groups in total. The van der Waals surface area contributed by atoms with E-state index in [4.69, 9.17) is 5.73 Å². The molecule has 0 aromatic carbocycles. The summed E-state index contributed by atoms with van der Waals surface area (Å²) in [7, 11) is 0. The van der Waals surface area contributed by atoms with Gasteiger partial charge in [-0.1, -0.05) is 78.6 Å². The predicted molar refractivity (Wildman–Crippen MR) is 79.3 cm³/mol. The molecular formula is C16H35N. The molecule has 0 aliphatic carbocycles. The second kappa shape index (κ2) is 11.1. The Morgan fingerprint density at radius 1 is 0.588 bits per heavy atom. The Kier molecular flexibility index (Phi) is 11.0. The van der Waals surface area contributed by atoms with Crippen molar-refractivity contribution in [3.63, 3.8) is 0 Å². The van der Waals surface area contributed by atoms with Gasteiger partial charge >= 0.3 is 0 Å². The molecule has 0 radical (unpaired) electrons. The lowest BCUT2D eigenvalue weighted by atomic mass is 9.84. The van der Waals surface area contributed by atoms with E-state index in [0.29, 0.717) is 0 Å². The molecule has 0 rings (SSSR count). The van der Waals surface area contributed by atoms with Crippen LogP contribution in [0.15, 0.2) is 0 Å². The number of nitrogens with two attached hydrogens (primary N) is 1. The van der Waals surface area contributed by atoms with Crippen molar-refractivity contribution in [3.8, 4) is 0 Å². The molecule has 1 unspecified atom stereocenters. The molecule has 0 bridgehead atoms. The Hall–Kier alpha value is -0.0400. The quantitative estimate of drug-likeness (QED) is 0.453. The minimum atomic E-state index is 0.148. The van der Waals surface area contributed by atoms with Crippen LogP contribution in [0.25, 0.3) is 0 Å². The number of rotatable bonds is 12. The summed E-state index contributed by atoms with van der Waals surface area (Å²) < 4.78 is 0. The van der Waals surface area contributed by atoms with E-state index in [2.05, 4.69) is 20.8 Å². The van der Waals surface area contributed by atoms with Crippen LogP contribution in [0, 0.1) is 0 Å². The van der Waals surface area contributed by atoms with Crippen molar-refractivity contribution in [2.24, 2.45) is 5.73 Å². The minimum absolute atomic E-state index is 0.148. The van der Waals surface area contributed by atoms with Gasteiger partial charge in [-0.2, -0.15) is 0 Å². The number of hydrogen-bond acceptors (Lipinski definition) is 1. The van der Waals surface area contributed by atoms with Crippen molar-refractivity contribution in [2.75, 3.05) is 0 Å². The second-order valence-corrected chi connectivity index (χ2v) is 5.73. The monoisotopic (exact) mass is 241 g/mol. The van der Waals surface area contributed by atoms with Gasteiger partial charge in [-0.25, -0.2) is 0 Å². The Bertz CT molecular complexity index is 156. The Balaban J connectivity index is 3.68. The van der Waals surface area contributed by atoms with Crippen LogP contribution in [0.1, 0.15) is 97.8 Å². The smallest absolute Gasteiger partial charge is 0.0154 e. The van der Waals surface area contributed by atoms with Crippen molar-refractivity contribution >= 4 is 0 Å². The van der Waals surface area contributed by atoms with Gasteiger partial charge in [-0.3, -0.25) is 0 Å². The van der Waals surface area contributed by atoms with E-state index in [1.165, 1.54) is 77.0 Å². The lowest BCUT2D eigenvalue weighted by molar-refractivity contribution is 0.314. The molecule has 1 heteroatoms. The minimum Gasteiger partial charge on any atom is -0.325 e. The standard InChI is InChI=1S/C16H35N/c1-4-7-9-10-11-12-15-16(17,13-6-3)14-8-5-2/h4-15,17H2,1-3H3. The molecule has 17 heavy (non-hydrogen) atoms. The van der Waals surface area contributed by atoms with Crippen LogP contribution in [0.3, 0.4) is 0 Å². The molecule has 0 saturated carbocycles. The maximum absolute atomic E-state index is 6.54. The van der Waals surface area contributed by atoms with E-state index in [9.17, 15) is 0 Å². The molecule has 0 aliphatic rings. The fraction of sp³-hybridized carbons (Fsp3) is 1.00. The summed E-state index contributed by atoms with van der Waals surface area (Å²) in [6, 6.07) is 0. The average molecular weight is 241 g/mol. The van der Waals surface area contributed by atoms with Crippen LogP contribution < -0.4 is 5.73 Å². The van der Waals surface area contributed by atoms with Gasteiger partial charge in [-0.05, 0) is 19.3 Å². The van der Waals surface area contributed by atoms with Gasteiger partial charge in [0.05, 0.1) is 0 Å². The van der Waals surface area contributed by atoms with E-state index in [1.54, 1.807) is 0 Å². The highest BCUT2D eigenvalue weighted by molar-refractivity contribution is 4.83. The van der Waals surface area contributed by atoms with Crippen molar-refractivity contribution in [2.45, 2.75) is 103 Å². The van der Waals surface area contributed by atoms with Gasteiger partial charge in [0.15, 0.2) is 0 Å². The zero-order valence-electron chi connectivity index (χ0n) is 12.6. The largest absolute Gasteiger partial charge is 0.325 e. The van der Waals surface area contributed by atoms with Crippen LogP contribution in [0.4, 0.5) is 0 Å². The zero-order chi connectivity index (χ0) is 13.0. The predicted octanol–water partition coefficient (Wildman–Crippen LogP) is 5.42. The molecule has 0 fully saturated rings. The maximum atomic E-state index is 6.54. The molecule has 0 spiro atoms. The summed E-state index contributed by atoms with van der Waals surface area (Å²) in [5.41, 5.74) is 6.68. The Morgan fingerprint density at radius 2 is 1.12 bits per heavy atom. The van der Waals surface area contributed by atoms with Crippen molar-refractivity contribution in [1.82, 2.24) is 0 Å². The SMILES string of the molecule is CCCCCCCCC(N)(CCC)CCCC. The number of unbranched alkanes of at least 4 members (excludes halogenated alkanes) is 6. The highest BCUT2D eigenvalue weighted by atomic mass is 14.7. The van der Waals surface area contributed by atoms with Gasteiger partial charge < -0.3 is 5.73 Å². The van der Waals surface area contributed by atoms with E-state index in [-0.39, 0.29) is 5.54 Å². The Morgan fingerprint density at radius 3 is 1.71 bits per heavy atom. The molecular weight excluding hydrogens is 206 g/mol. The molecule has 0 heterocycles. The topological polar surface area (TPSA) is 26.0 Å². The van der Waals surface area contributed by atoms with Crippen LogP contribution in [0.5, 0.6) is 0 Å². The van der Waals surface area contributed by atoms with Gasteiger partial charge in [0.1, 0.15) is 0 Å². The first-order valence-corrected chi connectivity index (χ1v) is 7.97. The summed E-state index contributed by atoms with van der Waals surface area (Å²) in [5, 5.41) is 0. The summed E-state index contributed by atoms with van der Waals surface area (Å²) in [4.78, 5) is 0. The second-order valence-electron chi connectivity index (χ2n) is 5.73. The van der Waals surface area contributed by atoms with Crippen molar-refractivity contribution in [3.05, 3.63) is 0 Å². The highest BCUT2D eigenvalue weighted by Gasteiger charge is 2.22. The average Bonchev–Trinajstić information content (AvgIpc) is 2.32. The third-order valence-electron chi connectivity index (χ3n) is 3.80. The lowest BCUT2D eigenvalue weighted by Gasteiger charge is -2.29. The first kappa shape index (κ1) is 17.0. The zero-order valence-corrected chi connectivity index (χ0v) is 12.6. The van der Waals surface area contributed by atoms with Gasteiger partial charge in [0, 0.05) is 5.54 Å². The van der Waals surface area contributed by atoms with E-state index in [0.717, 1.165) is 0 Å². The fourth-order valence-electron chi connectivity index (χ4n) is 2.66. The summed E-state index contributed by atoms with van der Waals surface area (Å²) in [6.07, 6.45) is 15.8. The first-order valence-electron chi connectivity index (χ1n) is 7.97. The first-order chi connectivity index (χ1) is 8.18. The molecule has 1 atom stereocenters. The molecule has 0 aromatic heterocycles. The highest BCUT2D eigenvalue weighted by Crippen LogP contribution is 2.24. The van der Waals surface area contributed by atoms with E-state index >= 15 is 0 Å². The molecule has 1 nitrogen and oxygen atoms in total. The molecule has 104 valence electrons. The Labute approximate surface area is 110 Å². The molecule has 0 saturated heterocycles. The fourth-order valence-corrected chi connectivity index (χ4v) is 2.66. The van der Waals surface area contributed by atoms with Gasteiger partial charge in [-0.15, -0.1) is 0 Å². The van der Waals surface area contributed by atoms with Crippen LogP contribution in [0.2, 0.25) is 0 Å². The maximum Gasteiger partial charge on any atom is 0.0154 e. The van der Waals surface area contributed by atoms with Gasteiger partial charge in [0.25, 0.3) is 0 Å². The summed E-state index contributed by atoms with van der Waals surface area (Å²) >= 11 is 0. The molecule has 0 aliphatic heterocycles. The van der Waals surface area contributed by atoms with E-state index in [1.807, 2.05) is 0 Å². The number of hydrogen-bond donors (Lipinski definition) is 1. The summed E-state index contributed by atoms with van der Waals surface area (Å²) in [5.74, 6) is 0.